The van der Waals surface area contributed by atoms with E-state index in [1.54, 1.807) is 0 Å². The van der Waals surface area contributed by atoms with Crippen LogP contribution in [-0.4, -0.2) is 60.1 Å². The van der Waals surface area contributed by atoms with Gasteiger partial charge in [-0.05, 0) is 27.4 Å². The molecule has 0 radical (unpaired) electrons. The largest absolute Gasteiger partial charge is 0.374 e. The molecule has 1 aromatic rings. The zero-order chi connectivity index (χ0) is 15.4. The van der Waals surface area contributed by atoms with Gasteiger partial charge in [-0.1, -0.05) is 18.5 Å². The Morgan fingerprint density at radius 3 is 2.86 bits per heavy atom. The van der Waals surface area contributed by atoms with Crippen molar-refractivity contribution in [1.82, 2.24) is 20.0 Å². The molecular formula is C15H27ClN4O. The van der Waals surface area contributed by atoms with Crippen LogP contribution in [0.5, 0.6) is 0 Å². The molecule has 0 aliphatic carbocycles. The molecule has 2 atom stereocenters. The lowest BCUT2D eigenvalue weighted by Crippen LogP contribution is -2.52. The molecule has 5 nitrogen and oxygen atoms in total. The van der Waals surface area contributed by atoms with Gasteiger partial charge in [0.15, 0.2) is 0 Å². The molecule has 1 aliphatic heterocycles. The number of nitrogens with one attached hydrogen (secondary N) is 1. The van der Waals surface area contributed by atoms with Crippen LogP contribution in [0.25, 0.3) is 0 Å². The van der Waals surface area contributed by atoms with Crippen molar-refractivity contribution in [3.63, 3.8) is 0 Å². The van der Waals surface area contributed by atoms with Crippen molar-refractivity contribution >= 4 is 11.6 Å². The van der Waals surface area contributed by atoms with E-state index in [1.807, 2.05) is 11.6 Å². The summed E-state index contributed by atoms with van der Waals surface area (Å²) in [6, 6.07) is 0.261. The monoisotopic (exact) mass is 314 g/mol. The van der Waals surface area contributed by atoms with Crippen LogP contribution >= 0.6 is 11.6 Å². The third-order valence-electron chi connectivity index (χ3n) is 4.08. The van der Waals surface area contributed by atoms with Crippen molar-refractivity contribution in [3.05, 3.63) is 16.4 Å². The van der Waals surface area contributed by atoms with Crippen molar-refractivity contribution in [1.29, 1.82) is 0 Å². The van der Waals surface area contributed by atoms with E-state index in [0.29, 0.717) is 0 Å². The highest BCUT2D eigenvalue weighted by molar-refractivity contribution is 6.31. The zero-order valence-electron chi connectivity index (χ0n) is 13.5. The van der Waals surface area contributed by atoms with Gasteiger partial charge in [-0.2, -0.15) is 5.10 Å². The average molecular weight is 315 g/mol. The Morgan fingerprint density at radius 1 is 1.48 bits per heavy atom. The number of ether oxygens (including phenoxy) is 1. The predicted octanol–water partition coefficient (Wildman–Crippen LogP) is 1.72. The van der Waals surface area contributed by atoms with Gasteiger partial charge in [0, 0.05) is 32.1 Å². The van der Waals surface area contributed by atoms with E-state index in [1.165, 1.54) is 0 Å². The summed E-state index contributed by atoms with van der Waals surface area (Å²) in [5, 5.41) is 8.86. The van der Waals surface area contributed by atoms with Gasteiger partial charge in [0.25, 0.3) is 0 Å². The minimum absolute atomic E-state index is 0.195. The first-order valence-electron chi connectivity index (χ1n) is 7.82. The van der Waals surface area contributed by atoms with E-state index in [-0.39, 0.29) is 12.1 Å². The Kier molecular flexibility index (Phi) is 6.05. The van der Waals surface area contributed by atoms with Gasteiger partial charge in [0.2, 0.25) is 0 Å². The van der Waals surface area contributed by atoms with Crippen LogP contribution in [-0.2, 0) is 17.7 Å². The summed E-state index contributed by atoms with van der Waals surface area (Å²) in [6.45, 7) is 10.7. The average Bonchev–Trinajstić information content (AvgIpc) is 2.74. The molecule has 6 heteroatoms. The van der Waals surface area contributed by atoms with Gasteiger partial charge in [-0.3, -0.25) is 4.68 Å². The lowest BCUT2D eigenvalue weighted by molar-refractivity contribution is -0.0384. The topological polar surface area (TPSA) is 42.3 Å². The standard InChI is InChI=1S/C15H27ClN4O/c1-5-17-12(14-10-19(4)7-8-21-14)9-13-15(16)11(3)18-20(13)6-2/h12,14,17H,5-10H2,1-4H3. The maximum Gasteiger partial charge on any atom is 0.0858 e. The summed E-state index contributed by atoms with van der Waals surface area (Å²) in [6.07, 6.45) is 1.04. The highest BCUT2D eigenvalue weighted by Crippen LogP contribution is 2.23. The normalized spacial score (nSPS) is 21.7. The van der Waals surface area contributed by atoms with Gasteiger partial charge in [0.1, 0.15) is 0 Å². The van der Waals surface area contributed by atoms with Gasteiger partial charge >= 0.3 is 0 Å². The molecule has 2 unspecified atom stereocenters. The molecule has 120 valence electrons. The van der Waals surface area contributed by atoms with Crippen molar-refractivity contribution in [2.24, 2.45) is 0 Å². The lowest BCUT2D eigenvalue weighted by atomic mass is 10.0. The number of likely N-dealkylation sites (N-methyl/N-ethyl adjacent to an activating group) is 2. The molecule has 1 N–H and O–H groups in total. The minimum atomic E-state index is 0.195. The molecule has 2 heterocycles. The third kappa shape index (κ3) is 3.97. The maximum atomic E-state index is 6.44. The fourth-order valence-corrected chi connectivity index (χ4v) is 3.14. The fraction of sp³-hybridized carbons (Fsp3) is 0.800. The predicted molar refractivity (Wildman–Crippen MR) is 86.1 cm³/mol. The molecule has 1 aliphatic rings. The Morgan fingerprint density at radius 2 is 2.24 bits per heavy atom. The first-order chi connectivity index (χ1) is 10.1. The summed E-state index contributed by atoms with van der Waals surface area (Å²) in [4.78, 5) is 2.32. The number of rotatable bonds is 6. The second-order valence-corrected chi connectivity index (χ2v) is 6.08. The van der Waals surface area contributed by atoms with E-state index in [0.717, 1.165) is 55.6 Å². The molecule has 0 bridgehead atoms. The van der Waals surface area contributed by atoms with Crippen LogP contribution in [0.2, 0.25) is 5.02 Å². The maximum absolute atomic E-state index is 6.44. The smallest absolute Gasteiger partial charge is 0.0858 e. The summed E-state index contributed by atoms with van der Waals surface area (Å²) in [7, 11) is 2.14. The third-order valence-corrected chi connectivity index (χ3v) is 4.57. The molecule has 1 fully saturated rings. The number of nitrogens with zero attached hydrogens (tertiary/aromatic N) is 3. The van der Waals surface area contributed by atoms with Gasteiger partial charge in [-0.15, -0.1) is 0 Å². The Bertz CT molecular complexity index is 463. The number of hydrogen-bond donors (Lipinski definition) is 1. The number of halogens is 1. The number of morpholine rings is 1. The van der Waals surface area contributed by atoms with Crippen LogP contribution in [0, 0.1) is 6.92 Å². The summed E-state index contributed by atoms with van der Waals surface area (Å²) >= 11 is 6.44. The minimum Gasteiger partial charge on any atom is -0.374 e. The summed E-state index contributed by atoms with van der Waals surface area (Å²) in [5.41, 5.74) is 2.02. The van der Waals surface area contributed by atoms with Crippen LogP contribution < -0.4 is 5.32 Å². The molecule has 2 rings (SSSR count). The van der Waals surface area contributed by atoms with Crippen molar-refractivity contribution in [2.45, 2.75) is 45.9 Å². The first kappa shape index (κ1) is 16.7. The second kappa shape index (κ2) is 7.58. The highest BCUT2D eigenvalue weighted by Gasteiger charge is 2.28. The molecule has 21 heavy (non-hydrogen) atoms. The van der Waals surface area contributed by atoms with Crippen molar-refractivity contribution in [3.8, 4) is 0 Å². The van der Waals surface area contributed by atoms with Gasteiger partial charge in [-0.25, -0.2) is 0 Å². The molecule has 1 saturated heterocycles. The Hall–Kier alpha value is -0.620. The van der Waals surface area contributed by atoms with Crippen LogP contribution in [0.1, 0.15) is 25.2 Å². The Balaban J connectivity index is 2.16. The quantitative estimate of drug-likeness (QED) is 0.868. The van der Waals surface area contributed by atoms with E-state index in [4.69, 9.17) is 16.3 Å². The molecular weight excluding hydrogens is 288 g/mol. The molecule has 0 saturated carbocycles. The summed E-state index contributed by atoms with van der Waals surface area (Å²) < 4.78 is 7.99. The molecule has 0 aromatic carbocycles. The number of hydrogen-bond acceptors (Lipinski definition) is 4. The fourth-order valence-electron chi connectivity index (χ4n) is 2.92. The van der Waals surface area contributed by atoms with E-state index in [9.17, 15) is 0 Å². The van der Waals surface area contributed by atoms with Crippen LogP contribution in [0.4, 0.5) is 0 Å². The van der Waals surface area contributed by atoms with E-state index in [2.05, 4.69) is 36.2 Å². The lowest BCUT2D eigenvalue weighted by Gasteiger charge is -2.35. The van der Waals surface area contributed by atoms with Crippen LogP contribution in [0.15, 0.2) is 0 Å². The van der Waals surface area contributed by atoms with E-state index >= 15 is 0 Å². The number of aromatic nitrogens is 2. The van der Waals surface area contributed by atoms with Crippen molar-refractivity contribution < 1.29 is 4.74 Å². The van der Waals surface area contributed by atoms with Crippen LogP contribution in [0.3, 0.4) is 0 Å². The zero-order valence-corrected chi connectivity index (χ0v) is 14.3. The summed E-state index contributed by atoms with van der Waals surface area (Å²) in [5.74, 6) is 0. The first-order valence-corrected chi connectivity index (χ1v) is 8.19. The highest BCUT2D eigenvalue weighted by atomic mass is 35.5. The van der Waals surface area contributed by atoms with E-state index < -0.39 is 0 Å². The number of aryl methyl sites for hydroxylation is 2. The molecule has 0 amide bonds. The second-order valence-electron chi connectivity index (χ2n) is 5.70. The van der Waals surface area contributed by atoms with Gasteiger partial charge < -0.3 is 15.0 Å². The van der Waals surface area contributed by atoms with Crippen molar-refractivity contribution in [2.75, 3.05) is 33.3 Å². The van der Waals surface area contributed by atoms with Gasteiger partial charge in [0.05, 0.1) is 29.1 Å². The Labute approximate surface area is 132 Å². The SMILES string of the molecule is CCNC(Cc1c(Cl)c(C)nn1CC)C1CN(C)CCO1. The molecule has 0 spiro atoms. The molecule has 1 aromatic heterocycles.